The van der Waals surface area contributed by atoms with Crippen molar-refractivity contribution >= 4 is 29.6 Å². The Morgan fingerprint density at radius 2 is 1.75 bits per heavy atom. The molecule has 1 aliphatic heterocycles. The van der Waals surface area contributed by atoms with Crippen molar-refractivity contribution in [2.75, 3.05) is 20.8 Å². The summed E-state index contributed by atoms with van der Waals surface area (Å²) in [5.74, 6) is 1.32. The Balaban J connectivity index is 1.90. The van der Waals surface area contributed by atoms with Crippen LogP contribution in [-0.2, 0) is 20.5 Å². The molecule has 1 fully saturated rings. The highest BCUT2D eigenvalue weighted by Gasteiger charge is 2.53. The van der Waals surface area contributed by atoms with Crippen LogP contribution in [0.3, 0.4) is 0 Å². The molecule has 3 rings (SSSR count). The first-order valence-corrected chi connectivity index (χ1v) is 10.9. The number of benzene rings is 1. The first-order chi connectivity index (χ1) is 14.8. The Labute approximate surface area is 190 Å². The topological polar surface area (TPSA) is 91.0 Å². The van der Waals surface area contributed by atoms with Gasteiger partial charge in [0, 0.05) is 23.6 Å². The second-order valence-electron chi connectivity index (χ2n) is 10.0. The highest BCUT2D eigenvalue weighted by molar-refractivity contribution is 6.63. The van der Waals surface area contributed by atoms with E-state index in [1.54, 1.807) is 14.2 Å². The van der Waals surface area contributed by atoms with Crippen molar-refractivity contribution in [1.29, 1.82) is 0 Å². The summed E-state index contributed by atoms with van der Waals surface area (Å²) < 4.78 is 29.3. The van der Waals surface area contributed by atoms with E-state index in [9.17, 15) is 4.79 Å². The molecule has 0 radical (unpaired) electrons. The molecule has 0 saturated carbocycles. The van der Waals surface area contributed by atoms with Gasteiger partial charge in [0.1, 0.15) is 17.1 Å². The number of H-pyrrole nitrogens is 1. The number of aromatic amines is 1. The van der Waals surface area contributed by atoms with Crippen LogP contribution in [0.25, 0.3) is 10.9 Å². The minimum atomic E-state index is -0.589. The third-order valence-corrected chi connectivity index (χ3v) is 5.98. The highest BCUT2D eigenvalue weighted by Crippen LogP contribution is 2.40. The number of carbonyl (C=O) groups is 1. The second-order valence-corrected chi connectivity index (χ2v) is 10.0. The minimum Gasteiger partial charge on any atom is -0.496 e. The van der Waals surface area contributed by atoms with Gasteiger partial charge in [-0.1, -0.05) is 0 Å². The van der Waals surface area contributed by atoms with Crippen LogP contribution in [0.2, 0.25) is 0 Å². The van der Waals surface area contributed by atoms with Crippen molar-refractivity contribution in [1.82, 2.24) is 10.3 Å². The first-order valence-electron chi connectivity index (χ1n) is 10.9. The van der Waals surface area contributed by atoms with Gasteiger partial charge in [0.05, 0.1) is 30.9 Å². The maximum Gasteiger partial charge on any atom is 0.498 e. The van der Waals surface area contributed by atoms with Gasteiger partial charge in [-0.3, -0.25) is 0 Å². The summed E-state index contributed by atoms with van der Waals surface area (Å²) >= 11 is 0. The van der Waals surface area contributed by atoms with Gasteiger partial charge in [-0.2, -0.15) is 0 Å². The van der Waals surface area contributed by atoms with Crippen LogP contribution >= 0.6 is 0 Å². The smallest absolute Gasteiger partial charge is 0.496 e. The van der Waals surface area contributed by atoms with E-state index in [0.717, 1.165) is 21.9 Å². The van der Waals surface area contributed by atoms with Crippen molar-refractivity contribution in [2.24, 2.45) is 0 Å². The van der Waals surface area contributed by atoms with Crippen LogP contribution in [0.15, 0.2) is 12.3 Å². The van der Waals surface area contributed by atoms with Crippen LogP contribution in [0.5, 0.6) is 11.5 Å². The average Bonchev–Trinajstić information content (AvgIpc) is 3.17. The van der Waals surface area contributed by atoms with Gasteiger partial charge >= 0.3 is 13.2 Å². The van der Waals surface area contributed by atoms with Crippen molar-refractivity contribution in [2.45, 2.75) is 71.7 Å². The number of fused-ring (bicyclic) bond motifs is 1. The molecule has 1 aromatic heterocycles. The molecule has 2 N–H and O–H groups in total. The number of carbonyl (C=O) groups excluding carboxylic acids is 1. The Bertz CT molecular complexity index is 977. The molecule has 0 aliphatic carbocycles. The van der Waals surface area contributed by atoms with E-state index in [2.05, 4.69) is 10.3 Å². The molecule has 9 heteroatoms. The largest absolute Gasteiger partial charge is 0.498 e. The number of alkyl carbamates (subject to hydrolysis) is 1. The summed E-state index contributed by atoms with van der Waals surface area (Å²) in [6, 6.07) is 1.90. The molecule has 32 heavy (non-hydrogen) atoms. The second kappa shape index (κ2) is 8.52. The third kappa shape index (κ3) is 4.69. The summed E-state index contributed by atoms with van der Waals surface area (Å²) in [5.41, 5.74) is 1.06. The minimum absolute atomic E-state index is 0.423. The van der Waals surface area contributed by atoms with Crippen LogP contribution in [-0.4, -0.2) is 55.8 Å². The lowest BCUT2D eigenvalue weighted by molar-refractivity contribution is 0.00578. The predicted octanol–water partition coefficient (Wildman–Crippen LogP) is 3.55. The van der Waals surface area contributed by atoms with Gasteiger partial charge in [0.2, 0.25) is 0 Å². The Morgan fingerprint density at radius 1 is 1.12 bits per heavy atom. The lowest BCUT2D eigenvalue weighted by Crippen LogP contribution is -2.41. The van der Waals surface area contributed by atoms with E-state index in [0.29, 0.717) is 24.5 Å². The van der Waals surface area contributed by atoms with E-state index >= 15 is 0 Å². The fourth-order valence-electron chi connectivity index (χ4n) is 3.68. The first kappa shape index (κ1) is 24.3. The van der Waals surface area contributed by atoms with Gasteiger partial charge < -0.3 is 33.8 Å². The lowest BCUT2D eigenvalue weighted by Gasteiger charge is -2.32. The molecule has 2 aromatic rings. The predicted molar refractivity (Wildman–Crippen MR) is 125 cm³/mol. The molecule has 0 bridgehead atoms. The molecule has 0 atom stereocenters. The number of hydrogen-bond donors (Lipinski definition) is 2. The zero-order chi connectivity index (χ0) is 23.9. The van der Waals surface area contributed by atoms with Gasteiger partial charge in [0.25, 0.3) is 0 Å². The molecular formula is C23H35BN2O6. The molecule has 0 spiro atoms. The molecular weight excluding hydrogens is 411 g/mol. The number of amides is 1. The van der Waals surface area contributed by atoms with E-state index < -0.39 is 30.0 Å². The molecule has 0 unspecified atom stereocenters. The highest BCUT2D eigenvalue weighted by atomic mass is 16.7. The van der Waals surface area contributed by atoms with Crippen LogP contribution in [0, 0.1) is 0 Å². The molecule has 1 saturated heterocycles. The number of aromatic nitrogens is 1. The summed E-state index contributed by atoms with van der Waals surface area (Å²) in [4.78, 5) is 15.3. The maximum absolute atomic E-state index is 12.0. The van der Waals surface area contributed by atoms with Crippen molar-refractivity contribution in [3.63, 3.8) is 0 Å². The number of ether oxygens (including phenoxy) is 3. The van der Waals surface area contributed by atoms with Crippen LogP contribution in [0.4, 0.5) is 4.79 Å². The fourth-order valence-corrected chi connectivity index (χ4v) is 3.68. The standard InChI is InChI=1S/C23H35BN2O6/c1-21(2,3)30-20(27)25-11-10-14-13-26-18-17(14)16(28-8)12-15(19(18)29-9)24-31-22(4,5)23(6,7)32-24/h12-13,26H,10-11H2,1-9H3,(H,25,27). The molecule has 2 heterocycles. The van der Waals surface area contributed by atoms with E-state index in [1.807, 2.05) is 60.7 Å². The average molecular weight is 446 g/mol. The van der Waals surface area contributed by atoms with Crippen molar-refractivity contribution in [3.8, 4) is 11.5 Å². The zero-order valence-corrected chi connectivity index (χ0v) is 20.6. The lowest BCUT2D eigenvalue weighted by atomic mass is 9.77. The number of rotatable bonds is 6. The van der Waals surface area contributed by atoms with Crippen LogP contribution < -0.4 is 20.3 Å². The Morgan fingerprint density at radius 3 is 2.28 bits per heavy atom. The monoisotopic (exact) mass is 446 g/mol. The number of methoxy groups -OCH3 is 2. The van der Waals surface area contributed by atoms with Crippen molar-refractivity contribution in [3.05, 3.63) is 17.8 Å². The quantitative estimate of drug-likeness (QED) is 0.660. The normalized spacial score (nSPS) is 17.5. The maximum atomic E-state index is 12.0. The number of nitrogens with one attached hydrogen (secondary N) is 2. The van der Waals surface area contributed by atoms with Gasteiger partial charge in [-0.15, -0.1) is 0 Å². The molecule has 1 aromatic carbocycles. The fraction of sp³-hybridized carbons (Fsp3) is 0.609. The zero-order valence-electron chi connectivity index (χ0n) is 20.6. The summed E-state index contributed by atoms with van der Waals surface area (Å²) in [6.45, 7) is 14.0. The van der Waals surface area contributed by atoms with E-state index in [1.165, 1.54) is 0 Å². The van der Waals surface area contributed by atoms with Gasteiger partial charge in [-0.25, -0.2) is 4.79 Å². The Hall–Kier alpha value is -2.39. The number of hydrogen-bond acceptors (Lipinski definition) is 6. The molecule has 1 aliphatic rings. The molecule has 176 valence electrons. The third-order valence-electron chi connectivity index (χ3n) is 5.98. The van der Waals surface area contributed by atoms with Gasteiger partial charge in [-0.05, 0) is 66.5 Å². The summed E-state index contributed by atoms with van der Waals surface area (Å²) in [5, 5.41) is 3.69. The SMILES string of the molecule is COc1c(B2OC(C)(C)C(C)(C)O2)cc(OC)c2c(CCNC(=O)OC(C)(C)C)c[nH]c12. The summed E-state index contributed by atoms with van der Waals surface area (Å²) in [7, 11) is 2.67. The molecule has 8 nitrogen and oxygen atoms in total. The van der Waals surface area contributed by atoms with Crippen molar-refractivity contribution < 1.29 is 28.3 Å². The van der Waals surface area contributed by atoms with Gasteiger partial charge in [0.15, 0.2) is 0 Å². The van der Waals surface area contributed by atoms with Crippen LogP contribution in [0.1, 0.15) is 54.0 Å². The Kier molecular flexibility index (Phi) is 6.46. The summed E-state index contributed by atoms with van der Waals surface area (Å²) in [6.07, 6.45) is 2.06. The van der Waals surface area contributed by atoms with E-state index in [-0.39, 0.29) is 0 Å². The van der Waals surface area contributed by atoms with E-state index in [4.69, 9.17) is 23.5 Å². The molecule has 1 amide bonds.